The summed E-state index contributed by atoms with van der Waals surface area (Å²) in [5.41, 5.74) is 1.25. The van der Waals surface area contributed by atoms with E-state index in [2.05, 4.69) is 28.2 Å². The van der Waals surface area contributed by atoms with Crippen LogP contribution >= 0.6 is 0 Å². The first-order valence-electron chi connectivity index (χ1n) is 4.07. The average molecular weight is 151 g/mol. The molecule has 1 atom stereocenters. The summed E-state index contributed by atoms with van der Waals surface area (Å²) in [4.78, 5) is 2.37. The van der Waals surface area contributed by atoms with Crippen molar-refractivity contribution in [3.05, 3.63) is 18.0 Å². The predicted molar refractivity (Wildman–Crippen MR) is 43.2 cm³/mol. The van der Waals surface area contributed by atoms with Crippen molar-refractivity contribution in [3.63, 3.8) is 0 Å². The molecule has 60 valence electrons. The van der Waals surface area contributed by atoms with Crippen LogP contribution in [0, 0.1) is 0 Å². The van der Waals surface area contributed by atoms with Gasteiger partial charge in [-0.2, -0.15) is 5.10 Å². The van der Waals surface area contributed by atoms with Gasteiger partial charge in [0, 0.05) is 6.20 Å². The van der Waals surface area contributed by atoms with Crippen molar-refractivity contribution >= 4 is 0 Å². The molecule has 1 aliphatic rings. The minimum Gasteiger partial charge on any atom is -0.298 e. The van der Waals surface area contributed by atoms with Crippen molar-refractivity contribution in [1.29, 1.82) is 0 Å². The van der Waals surface area contributed by atoms with Gasteiger partial charge in [-0.15, -0.1) is 0 Å². The maximum absolute atomic E-state index is 3.95. The zero-order chi connectivity index (χ0) is 7.68. The number of hydrogen-bond donors (Lipinski definition) is 1. The minimum absolute atomic E-state index is 0.581. The van der Waals surface area contributed by atoms with Crippen LogP contribution in [0.5, 0.6) is 0 Å². The molecule has 1 saturated heterocycles. The molecule has 0 bridgehead atoms. The summed E-state index contributed by atoms with van der Waals surface area (Å²) in [6, 6.07) is 2.64. The van der Waals surface area contributed by atoms with E-state index in [-0.39, 0.29) is 0 Å². The maximum Gasteiger partial charge on any atom is 0.0523 e. The van der Waals surface area contributed by atoms with E-state index in [0.717, 1.165) is 0 Å². The fourth-order valence-electron chi connectivity index (χ4n) is 1.76. The van der Waals surface area contributed by atoms with Crippen LogP contribution in [0.2, 0.25) is 0 Å². The molecule has 0 saturated carbocycles. The fourth-order valence-corrected chi connectivity index (χ4v) is 1.76. The van der Waals surface area contributed by atoms with Gasteiger partial charge >= 0.3 is 0 Å². The van der Waals surface area contributed by atoms with Crippen LogP contribution in [0.3, 0.4) is 0 Å². The number of aromatic nitrogens is 2. The van der Waals surface area contributed by atoms with Gasteiger partial charge in [0.25, 0.3) is 0 Å². The normalized spacial score (nSPS) is 26.1. The molecule has 1 aromatic heterocycles. The molecule has 3 heteroatoms. The van der Waals surface area contributed by atoms with Gasteiger partial charge in [0.15, 0.2) is 0 Å². The molecule has 0 amide bonds. The van der Waals surface area contributed by atoms with Crippen LogP contribution in [0.1, 0.15) is 24.6 Å². The Labute approximate surface area is 66.4 Å². The molecule has 3 nitrogen and oxygen atoms in total. The minimum atomic E-state index is 0.581. The van der Waals surface area contributed by atoms with E-state index in [1.54, 1.807) is 0 Å². The van der Waals surface area contributed by atoms with Crippen molar-refractivity contribution in [2.24, 2.45) is 0 Å². The summed E-state index contributed by atoms with van der Waals surface area (Å²) in [5.74, 6) is 0. The van der Waals surface area contributed by atoms with Crippen molar-refractivity contribution < 1.29 is 0 Å². The largest absolute Gasteiger partial charge is 0.298 e. The molecule has 2 rings (SSSR count). The van der Waals surface area contributed by atoms with Crippen LogP contribution in [-0.2, 0) is 0 Å². The molecule has 1 aromatic rings. The molecule has 1 fully saturated rings. The van der Waals surface area contributed by atoms with Crippen molar-refractivity contribution in [2.75, 3.05) is 13.6 Å². The first-order chi connectivity index (χ1) is 5.38. The third-order valence-electron chi connectivity index (χ3n) is 2.40. The van der Waals surface area contributed by atoms with Gasteiger partial charge in [0.2, 0.25) is 0 Å². The van der Waals surface area contributed by atoms with Crippen LogP contribution in [0.25, 0.3) is 0 Å². The molecule has 0 radical (unpaired) electrons. The summed E-state index contributed by atoms with van der Waals surface area (Å²) < 4.78 is 0. The van der Waals surface area contributed by atoms with E-state index in [0.29, 0.717) is 6.04 Å². The van der Waals surface area contributed by atoms with Gasteiger partial charge < -0.3 is 0 Å². The maximum atomic E-state index is 3.95. The Balaban J connectivity index is 2.16. The highest BCUT2D eigenvalue weighted by Crippen LogP contribution is 2.28. The molecular formula is C8H13N3. The summed E-state index contributed by atoms with van der Waals surface area (Å²) >= 11 is 0. The van der Waals surface area contributed by atoms with Crippen LogP contribution in [-0.4, -0.2) is 28.7 Å². The highest BCUT2D eigenvalue weighted by molar-refractivity contribution is 5.06. The van der Waals surface area contributed by atoms with E-state index < -0.39 is 0 Å². The predicted octanol–water partition coefficient (Wildman–Crippen LogP) is 1.18. The summed E-state index contributed by atoms with van der Waals surface area (Å²) in [6.07, 6.45) is 4.39. The van der Waals surface area contributed by atoms with Gasteiger partial charge in [0.05, 0.1) is 11.7 Å². The Kier molecular flexibility index (Phi) is 1.66. The smallest absolute Gasteiger partial charge is 0.0523 e. The van der Waals surface area contributed by atoms with Gasteiger partial charge in [-0.05, 0) is 32.5 Å². The lowest BCUT2D eigenvalue weighted by Crippen LogP contribution is -2.17. The third-order valence-corrected chi connectivity index (χ3v) is 2.40. The number of rotatable bonds is 1. The van der Waals surface area contributed by atoms with E-state index in [1.807, 2.05) is 6.20 Å². The molecular weight excluding hydrogens is 138 g/mol. The molecule has 0 spiro atoms. The number of nitrogens with zero attached hydrogens (tertiary/aromatic N) is 2. The Bertz CT molecular complexity index is 217. The van der Waals surface area contributed by atoms with Gasteiger partial charge in [-0.1, -0.05) is 0 Å². The lowest BCUT2D eigenvalue weighted by Gasteiger charge is -2.16. The van der Waals surface area contributed by atoms with Crippen molar-refractivity contribution in [3.8, 4) is 0 Å². The Morgan fingerprint density at radius 1 is 1.73 bits per heavy atom. The second-order valence-electron chi connectivity index (χ2n) is 3.15. The van der Waals surface area contributed by atoms with E-state index in [1.165, 1.54) is 25.1 Å². The summed E-state index contributed by atoms with van der Waals surface area (Å²) in [6.45, 7) is 1.21. The van der Waals surface area contributed by atoms with Crippen molar-refractivity contribution in [1.82, 2.24) is 15.1 Å². The number of aromatic amines is 1. The quantitative estimate of drug-likeness (QED) is 0.653. The Morgan fingerprint density at radius 2 is 2.64 bits per heavy atom. The highest BCUT2D eigenvalue weighted by atomic mass is 15.2. The Hall–Kier alpha value is -0.830. The standard InChI is InChI=1S/C8H13N3/c1-11-6-2-3-8(11)7-4-5-9-10-7/h4-5,8H,2-3,6H2,1H3,(H,9,10). The molecule has 1 N–H and O–H groups in total. The first-order valence-corrected chi connectivity index (χ1v) is 4.07. The lowest BCUT2D eigenvalue weighted by atomic mass is 10.1. The zero-order valence-corrected chi connectivity index (χ0v) is 6.75. The number of H-pyrrole nitrogens is 1. The number of hydrogen-bond acceptors (Lipinski definition) is 2. The highest BCUT2D eigenvalue weighted by Gasteiger charge is 2.22. The second-order valence-corrected chi connectivity index (χ2v) is 3.15. The number of likely N-dealkylation sites (tertiary alicyclic amines) is 1. The molecule has 1 unspecified atom stereocenters. The topological polar surface area (TPSA) is 31.9 Å². The van der Waals surface area contributed by atoms with Gasteiger partial charge in [-0.25, -0.2) is 0 Å². The monoisotopic (exact) mass is 151 g/mol. The van der Waals surface area contributed by atoms with Gasteiger partial charge in [-0.3, -0.25) is 10.00 Å². The number of nitrogens with one attached hydrogen (secondary N) is 1. The van der Waals surface area contributed by atoms with Crippen LogP contribution in [0.4, 0.5) is 0 Å². The van der Waals surface area contributed by atoms with Crippen LogP contribution in [0.15, 0.2) is 12.3 Å². The first kappa shape index (κ1) is 6.85. The van der Waals surface area contributed by atoms with Crippen molar-refractivity contribution in [2.45, 2.75) is 18.9 Å². The second kappa shape index (κ2) is 2.66. The van der Waals surface area contributed by atoms with Gasteiger partial charge in [0.1, 0.15) is 0 Å². The third kappa shape index (κ3) is 1.16. The average Bonchev–Trinajstić information content (AvgIpc) is 2.55. The van der Waals surface area contributed by atoms with Crippen LogP contribution < -0.4 is 0 Å². The Morgan fingerprint density at radius 3 is 3.18 bits per heavy atom. The SMILES string of the molecule is CN1CCCC1c1ccn[nH]1. The molecule has 1 aliphatic heterocycles. The van der Waals surface area contributed by atoms with E-state index in [9.17, 15) is 0 Å². The molecule has 0 aromatic carbocycles. The lowest BCUT2D eigenvalue weighted by molar-refractivity contribution is 0.311. The fraction of sp³-hybridized carbons (Fsp3) is 0.625. The van der Waals surface area contributed by atoms with E-state index in [4.69, 9.17) is 0 Å². The molecule has 0 aliphatic carbocycles. The molecule has 2 heterocycles. The van der Waals surface area contributed by atoms with E-state index >= 15 is 0 Å². The molecule has 11 heavy (non-hydrogen) atoms. The zero-order valence-electron chi connectivity index (χ0n) is 6.75. The summed E-state index contributed by atoms with van der Waals surface area (Å²) in [5, 5.41) is 6.97. The summed E-state index contributed by atoms with van der Waals surface area (Å²) in [7, 11) is 2.17.